The van der Waals surface area contributed by atoms with Gasteiger partial charge in [0.15, 0.2) is 5.78 Å². The van der Waals surface area contributed by atoms with Crippen molar-refractivity contribution in [3.05, 3.63) is 18.0 Å². The predicted octanol–water partition coefficient (Wildman–Crippen LogP) is 5.28. The third kappa shape index (κ3) is 3.44. The normalized spacial score (nSPS) is 44.0. The van der Waals surface area contributed by atoms with Gasteiger partial charge in [-0.2, -0.15) is 23.5 Å². The molecule has 1 N–H and O–H groups in total. The molecular formula is C26H34F3N3O2. The first-order valence-electron chi connectivity index (χ1n) is 12.7. The van der Waals surface area contributed by atoms with Gasteiger partial charge in [0, 0.05) is 12.1 Å². The van der Waals surface area contributed by atoms with Crippen molar-refractivity contribution in [3.63, 3.8) is 0 Å². The Bertz CT molecular complexity index is 1010. The molecule has 0 unspecified atom stereocenters. The van der Waals surface area contributed by atoms with Crippen molar-refractivity contribution in [2.45, 2.75) is 90.0 Å². The number of aromatic nitrogens is 2. The molecule has 0 amide bonds. The van der Waals surface area contributed by atoms with Crippen LogP contribution in [0.4, 0.5) is 13.2 Å². The molecule has 0 bridgehead atoms. The number of halogens is 3. The number of fused-ring (bicyclic) bond motifs is 5. The van der Waals surface area contributed by atoms with Gasteiger partial charge >= 0.3 is 6.18 Å². The van der Waals surface area contributed by atoms with Gasteiger partial charge in [-0.1, -0.05) is 6.92 Å². The number of Topliss-reactive ketones (excluding diaryl/α,β-unsaturated/α-hetero) is 1. The van der Waals surface area contributed by atoms with Crippen molar-refractivity contribution in [3.8, 4) is 6.07 Å². The third-order valence-electron chi connectivity index (χ3n) is 10.4. The van der Waals surface area contributed by atoms with Gasteiger partial charge in [0.25, 0.3) is 0 Å². The van der Waals surface area contributed by atoms with Gasteiger partial charge < -0.3 is 5.11 Å². The molecule has 0 spiro atoms. The van der Waals surface area contributed by atoms with Gasteiger partial charge in [0.2, 0.25) is 0 Å². The maximum atomic E-state index is 14.8. The number of carbonyl (C=O) groups excluding carboxylic acids is 1. The first-order chi connectivity index (χ1) is 15.9. The van der Waals surface area contributed by atoms with Crippen LogP contribution in [0.2, 0.25) is 0 Å². The Morgan fingerprint density at radius 2 is 1.94 bits per heavy atom. The fraction of sp³-hybridized carbons (Fsp3) is 0.808. The van der Waals surface area contributed by atoms with Crippen molar-refractivity contribution in [2.24, 2.45) is 40.4 Å². The molecule has 4 aliphatic rings. The Hall–Kier alpha value is -1.88. The summed E-state index contributed by atoms with van der Waals surface area (Å²) in [4.78, 5) is 13.3. The van der Waals surface area contributed by atoms with Crippen LogP contribution in [0.1, 0.15) is 77.2 Å². The Morgan fingerprint density at radius 1 is 1.18 bits per heavy atom. The van der Waals surface area contributed by atoms with Gasteiger partial charge in [0.1, 0.15) is 6.07 Å². The van der Waals surface area contributed by atoms with Crippen molar-refractivity contribution in [2.75, 3.05) is 0 Å². The topological polar surface area (TPSA) is 78.9 Å². The first-order valence-corrected chi connectivity index (χ1v) is 12.7. The number of ketones is 1. The van der Waals surface area contributed by atoms with Crippen LogP contribution >= 0.6 is 0 Å². The van der Waals surface area contributed by atoms with Crippen molar-refractivity contribution in [1.82, 2.24) is 9.78 Å². The number of alkyl halides is 3. The molecule has 8 atom stereocenters. The van der Waals surface area contributed by atoms with E-state index in [4.69, 9.17) is 5.26 Å². The Morgan fingerprint density at radius 3 is 2.62 bits per heavy atom. The largest absolute Gasteiger partial charge is 0.395 e. The first kappa shape index (κ1) is 23.8. The van der Waals surface area contributed by atoms with Crippen LogP contribution in [0, 0.1) is 51.8 Å². The summed E-state index contributed by atoms with van der Waals surface area (Å²) >= 11 is 0. The minimum absolute atomic E-state index is 0.0155. The molecule has 34 heavy (non-hydrogen) atoms. The Kier molecular flexibility index (Phi) is 5.48. The number of rotatable bonds is 3. The molecule has 1 aromatic rings. The van der Waals surface area contributed by atoms with Crippen LogP contribution in [-0.2, 0) is 11.3 Å². The molecule has 5 rings (SSSR count). The van der Waals surface area contributed by atoms with Crippen molar-refractivity contribution < 1.29 is 23.1 Å². The Balaban J connectivity index is 1.40. The van der Waals surface area contributed by atoms with E-state index in [1.165, 1.54) is 10.9 Å². The minimum Gasteiger partial charge on any atom is -0.390 e. The van der Waals surface area contributed by atoms with Crippen molar-refractivity contribution >= 4 is 5.78 Å². The van der Waals surface area contributed by atoms with E-state index < -0.39 is 29.0 Å². The number of aliphatic hydroxyl groups is 1. The summed E-state index contributed by atoms with van der Waals surface area (Å²) in [5, 5.41) is 23.7. The Labute approximate surface area is 198 Å². The van der Waals surface area contributed by atoms with Crippen LogP contribution in [-0.4, -0.2) is 32.4 Å². The maximum Gasteiger partial charge on any atom is 0.395 e. The average Bonchev–Trinajstić information content (AvgIpc) is 3.35. The number of hydrogen-bond acceptors (Lipinski definition) is 4. The quantitative estimate of drug-likeness (QED) is 0.643. The molecule has 8 heteroatoms. The van der Waals surface area contributed by atoms with Crippen molar-refractivity contribution in [1.29, 1.82) is 5.26 Å². The highest BCUT2D eigenvalue weighted by Gasteiger charge is 2.71. The van der Waals surface area contributed by atoms with Gasteiger partial charge in [0.05, 0.1) is 29.3 Å². The maximum absolute atomic E-state index is 14.8. The van der Waals surface area contributed by atoms with Gasteiger partial charge in [-0.25, -0.2) is 0 Å². The second-order valence-electron chi connectivity index (χ2n) is 12.1. The molecule has 4 fully saturated rings. The number of hydrogen-bond donors (Lipinski definition) is 1. The highest BCUT2D eigenvalue weighted by molar-refractivity contribution is 5.82. The van der Waals surface area contributed by atoms with E-state index in [0.29, 0.717) is 31.2 Å². The monoisotopic (exact) mass is 477 g/mol. The zero-order valence-electron chi connectivity index (χ0n) is 19.9. The standard InChI is InChI=1S/C26H34F3N3O2/c1-23(34)9-10-25(26(27,28)29)17(11-23)3-4-18-19-5-6-21(24(19,2)8-7-20(18)25)22(33)15-32-14-16(12-30)13-31-32/h13-14,17-21,34H,3-11,15H2,1-2H3/t17-,18+,19+,20+,21-,23-,24+,25-/m1/s1. The molecule has 0 aromatic carbocycles. The predicted molar refractivity (Wildman–Crippen MR) is 118 cm³/mol. The lowest BCUT2D eigenvalue weighted by atomic mass is 9.43. The fourth-order valence-corrected chi connectivity index (χ4v) is 8.96. The lowest BCUT2D eigenvalue weighted by Gasteiger charge is -2.62. The summed E-state index contributed by atoms with van der Waals surface area (Å²) < 4.78 is 46.0. The zero-order chi connectivity index (χ0) is 24.5. The van der Waals surface area contributed by atoms with E-state index in [-0.39, 0.29) is 54.8 Å². The molecule has 1 aromatic heterocycles. The van der Waals surface area contributed by atoms with E-state index in [9.17, 15) is 23.1 Å². The summed E-state index contributed by atoms with van der Waals surface area (Å²) in [5.74, 6) is -0.945. The summed E-state index contributed by atoms with van der Waals surface area (Å²) in [6.07, 6.45) is 3.08. The second kappa shape index (κ2) is 7.81. The molecule has 0 aliphatic heterocycles. The van der Waals surface area contributed by atoms with Gasteiger partial charge in [-0.05, 0) is 93.8 Å². The molecule has 5 nitrogen and oxygen atoms in total. The molecule has 186 valence electrons. The van der Waals surface area contributed by atoms with Crippen LogP contribution in [0.3, 0.4) is 0 Å². The van der Waals surface area contributed by atoms with Gasteiger partial charge in [-0.3, -0.25) is 9.48 Å². The molecule has 0 radical (unpaired) electrons. The van der Waals surface area contributed by atoms with Crippen LogP contribution in [0.15, 0.2) is 12.4 Å². The van der Waals surface area contributed by atoms with Crippen LogP contribution in [0.5, 0.6) is 0 Å². The van der Waals surface area contributed by atoms with E-state index in [1.54, 1.807) is 13.1 Å². The minimum atomic E-state index is -4.28. The molecule has 4 saturated carbocycles. The summed E-state index contributed by atoms with van der Waals surface area (Å²) in [7, 11) is 0. The third-order valence-corrected chi connectivity index (χ3v) is 10.4. The summed E-state index contributed by atoms with van der Waals surface area (Å²) in [6, 6.07) is 2.02. The highest BCUT2D eigenvalue weighted by Crippen LogP contribution is 2.71. The summed E-state index contributed by atoms with van der Waals surface area (Å²) in [6.45, 7) is 3.92. The second-order valence-corrected chi connectivity index (χ2v) is 12.1. The lowest BCUT2D eigenvalue weighted by molar-refractivity contribution is -0.310. The van der Waals surface area contributed by atoms with E-state index in [2.05, 4.69) is 12.0 Å². The number of nitriles is 1. The molecule has 0 saturated heterocycles. The van der Waals surface area contributed by atoms with E-state index in [1.807, 2.05) is 6.07 Å². The highest BCUT2D eigenvalue weighted by atomic mass is 19.4. The van der Waals surface area contributed by atoms with E-state index in [0.717, 1.165) is 12.8 Å². The lowest BCUT2D eigenvalue weighted by Crippen LogP contribution is -2.62. The average molecular weight is 478 g/mol. The molecule has 4 aliphatic carbocycles. The SMILES string of the molecule is C[C@@]1(O)CC[C@@]2(C(F)(F)F)[C@H](CC[C@H]3[C@@H]4CC[C@H](C(=O)Cn5cc(C#N)cn5)[C@@]4(C)CC[C@@H]32)C1. The molecular weight excluding hydrogens is 443 g/mol. The van der Waals surface area contributed by atoms with E-state index >= 15 is 0 Å². The smallest absolute Gasteiger partial charge is 0.390 e. The van der Waals surface area contributed by atoms with Gasteiger partial charge in [-0.15, -0.1) is 0 Å². The number of nitrogens with zero attached hydrogens (tertiary/aromatic N) is 3. The molecule has 1 heterocycles. The van der Waals surface area contributed by atoms with Crippen LogP contribution < -0.4 is 0 Å². The fourth-order valence-electron chi connectivity index (χ4n) is 8.96. The summed E-state index contributed by atoms with van der Waals surface area (Å²) in [5.41, 5.74) is -2.60. The number of carbonyl (C=O) groups is 1. The van der Waals surface area contributed by atoms with Crippen LogP contribution in [0.25, 0.3) is 0 Å². The zero-order valence-corrected chi connectivity index (χ0v) is 19.9.